The highest BCUT2D eigenvalue weighted by Crippen LogP contribution is 2.40. The van der Waals surface area contributed by atoms with Crippen LogP contribution in [0.5, 0.6) is 5.75 Å². The molecule has 0 saturated carbocycles. The molecule has 0 bridgehead atoms. The van der Waals surface area contributed by atoms with E-state index < -0.39 is 5.97 Å². The van der Waals surface area contributed by atoms with E-state index in [1.54, 1.807) is 6.92 Å². The molecule has 3 rings (SSSR count). The van der Waals surface area contributed by atoms with E-state index in [0.29, 0.717) is 22.2 Å². The first-order valence-electron chi connectivity index (χ1n) is 8.97. The van der Waals surface area contributed by atoms with Crippen LogP contribution in [0.15, 0.2) is 24.3 Å². The number of carbonyl (C=O) groups is 2. The average Bonchev–Trinajstić information content (AvgIpc) is 2.98. The van der Waals surface area contributed by atoms with Gasteiger partial charge < -0.3 is 14.8 Å². The van der Waals surface area contributed by atoms with Gasteiger partial charge in [0.2, 0.25) is 0 Å². The summed E-state index contributed by atoms with van der Waals surface area (Å²) in [6, 6.07) is 5.44. The van der Waals surface area contributed by atoms with Gasteiger partial charge in [-0.05, 0) is 61.9 Å². The molecule has 1 atom stereocenters. The number of hydrogen-bond acceptors (Lipinski definition) is 5. The minimum Gasteiger partial charge on any atom is -0.484 e. The van der Waals surface area contributed by atoms with Gasteiger partial charge in [0, 0.05) is 4.88 Å². The van der Waals surface area contributed by atoms with Gasteiger partial charge in [-0.2, -0.15) is 0 Å². The molecule has 0 saturated heterocycles. The third-order valence-electron chi connectivity index (χ3n) is 4.43. The largest absolute Gasteiger partial charge is 0.484 e. The Balaban J connectivity index is 1.73. The molecule has 0 radical (unpaired) electrons. The molecular formula is C20H22FNO4S. The van der Waals surface area contributed by atoms with E-state index in [1.807, 2.05) is 0 Å². The number of nitrogens with one attached hydrogen (secondary N) is 1. The lowest BCUT2D eigenvalue weighted by Crippen LogP contribution is -2.21. The van der Waals surface area contributed by atoms with Gasteiger partial charge in [0.15, 0.2) is 6.61 Å². The van der Waals surface area contributed by atoms with Gasteiger partial charge in [0.05, 0.1) is 12.2 Å². The van der Waals surface area contributed by atoms with Crippen molar-refractivity contribution in [3.8, 4) is 5.75 Å². The fraction of sp³-hybridized carbons (Fsp3) is 0.400. The van der Waals surface area contributed by atoms with Crippen LogP contribution < -0.4 is 10.1 Å². The van der Waals surface area contributed by atoms with E-state index in [2.05, 4.69) is 12.2 Å². The summed E-state index contributed by atoms with van der Waals surface area (Å²) < 4.78 is 23.5. The van der Waals surface area contributed by atoms with Crippen LogP contribution in [0.25, 0.3) is 0 Å². The van der Waals surface area contributed by atoms with E-state index in [-0.39, 0.29) is 24.9 Å². The predicted molar refractivity (Wildman–Crippen MR) is 102 cm³/mol. The Kier molecular flexibility index (Phi) is 6.11. The van der Waals surface area contributed by atoms with Crippen LogP contribution in [-0.4, -0.2) is 25.1 Å². The summed E-state index contributed by atoms with van der Waals surface area (Å²) in [5.41, 5.74) is 1.46. The maximum atomic E-state index is 12.9. The second-order valence-electron chi connectivity index (χ2n) is 6.57. The molecule has 0 fully saturated rings. The number of benzene rings is 1. The molecule has 1 N–H and O–H groups in total. The Bertz CT molecular complexity index is 831. The minimum atomic E-state index is -0.403. The molecule has 0 aliphatic heterocycles. The summed E-state index contributed by atoms with van der Waals surface area (Å²) in [7, 11) is 0. The van der Waals surface area contributed by atoms with Gasteiger partial charge in [-0.3, -0.25) is 4.79 Å². The highest BCUT2D eigenvalue weighted by molar-refractivity contribution is 7.17. The Hall–Kier alpha value is -2.41. The fourth-order valence-electron chi connectivity index (χ4n) is 3.10. The van der Waals surface area contributed by atoms with Crippen molar-refractivity contribution in [1.29, 1.82) is 0 Å². The normalized spacial score (nSPS) is 15.7. The molecule has 1 aromatic heterocycles. The number of hydrogen-bond donors (Lipinski definition) is 1. The van der Waals surface area contributed by atoms with Crippen LogP contribution >= 0.6 is 11.3 Å². The summed E-state index contributed by atoms with van der Waals surface area (Å²) in [5.74, 6) is -0.201. The number of amides is 1. The summed E-state index contributed by atoms with van der Waals surface area (Å²) in [6.45, 7) is 3.99. The second kappa shape index (κ2) is 8.52. The summed E-state index contributed by atoms with van der Waals surface area (Å²) >= 11 is 1.43. The van der Waals surface area contributed by atoms with E-state index in [9.17, 15) is 14.0 Å². The number of carbonyl (C=O) groups excluding carboxylic acids is 2. The topological polar surface area (TPSA) is 64.6 Å². The Labute approximate surface area is 161 Å². The zero-order chi connectivity index (χ0) is 19.4. The van der Waals surface area contributed by atoms with Crippen molar-refractivity contribution < 1.29 is 23.5 Å². The highest BCUT2D eigenvalue weighted by Gasteiger charge is 2.29. The van der Waals surface area contributed by atoms with Crippen molar-refractivity contribution in [2.45, 2.75) is 33.1 Å². The first kappa shape index (κ1) is 19.4. The predicted octanol–water partition coefficient (Wildman–Crippen LogP) is 4.21. The molecule has 5 nitrogen and oxygen atoms in total. The van der Waals surface area contributed by atoms with Crippen LogP contribution in [-0.2, 0) is 22.4 Å². The summed E-state index contributed by atoms with van der Waals surface area (Å²) in [5, 5.41) is 3.30. The highest BCUT2D eigenvalue weighted by atomic mass is 32.1. The maximum Gasteiger partial charge on any atom is 0.341 e. The Morgan fingerprint density at radius 1 is 1.30 bits per heavy atom. The minimum absolute atomic E-state index is 0.229. The number of halogens is 1. The smallest absolute Gasteiger partial charge is 0.341 e. The number of rotatable bonds is 6. The SMILES string of the molecule is CCOC(=O)c1c(NC(=O)COc2ccc(F)cc2)sc2c1CC[C@H](C)C2. The van der Waals surface area contributed by atoms with Gasteiger partial charge in [-0.1, -0.05) is 6.92 Å². The van der Waals surface area contributed by atoms with E-state index in [1.165, 1.54) is 35.6 Å². The molecule has 1 amide bonds. The number of esters is 1. The van der Waals surface area contributed by atoms with Crippen LogP contribution in [0.2, 0.25) is 0 Å². The Morgan fingerprint density at radius 3 is 2.74 bits per heavy atom. The molecule has 1 aliphatic rings. The molecule has 1 aromatic carbocycles. The molecule has 1 heterocycles. The monoisotopic (exact) mass is 391 g/mol. The summed E-state index contributed by atoms with van der Waals surface area (Å²) in [6.07, 6.45) is 2.72. The molecule has 144 valence electrons. The zero-order valence-electron chi connectivity index (χ0n) is 15.3. The fourth-order valence-corrected chi connectivity index (χ4v) is 4.52. The molecule has 7 heteroatoms. The van der Waals surface area contributed by atoms with Gasteiger partial charge in [-0.25, -0.2) is 9.18 Å². The molecule has 0 unspecified atom stereocenters. The first-order valence-corrected chi connectivity index (χ1v) is 9.79. The number of fused-ring (bicyclic) bond motifs is 1. The first-order chi connectivity index (χ1) is 13.0. The standard InChI is InChI=1S/C20H22FNO4S/c1-3-25-20(24)18-15-9-4-12(2)10-16(15)27-19(18)22-17(23)11-26-14-7-5-13(21)6-8-14/h5-8,12H,3-4,9-11H2,1-2H3,(H,22,23)/t12-/m0/s1. The third kappa shape index (κ3) is 4.66. The lowest BCUT2D eigenvalue weighted by molar-refractivity contribution is -0.118. The molecule has 0 spiro atoms. The van der Waals surface area contributed by atoms with Crippen molar-refractivity contribution in [3.63, 3.8) is 0 Å². The van der Waals surface area contributed by atoms with E-state index >= 15 is 0 Å². The van der Waals surface area contributed by atoms with Crippen molar-refractivity contribution in [1.82, 2.24) is 0 Å². The Morgan fingerprint density at radius 2 is 2.04 bits per heavy atom. The quantitative estimate of drug-likeness (QED) is 0.750. The van der Waals surface area contributed by atoms with Crippen molar-refractivity contribution in [3.05, 3.63) is 46.1 Å². The number of thiophene rings is 1. The maximum absolute atomic E-state index is 12.9. The van der Waals surface area contributed by atoms with Crippen LogP contribution in [0.4, 0.5) is 9.39 Å². The average molecular weight is 391 g/mol. The van der Waals surface area contributed by atoms with Gasteiger partial charge in [-0.15, -0.1) is 11.3 Å². The van der Waals surface area contributed by atoms with Crippen molar-refractivity contribution in [2.75, 3.05) is 18.5 Å². The lowest BCUT2D eigenvalue weighted by atomic mass is 9.88. The van der Waals surface area contributed by atoms with Crippen molar-refractivity contribution >= 4 is 28.2 Å². The van der Waals surface area contributed by atoms with Gasteiger partial charge >= 0.3 is 5.97 Å². The van der Waals surface area contributed by atoms with Crippen LogP contribution in [0.3, 0.4) is 0 Å². The van der Waals surface area contributed by atoms with E-state index in [0.717, 1.165) is 29.7 Å². The molecule has 1 aliphatic carbocycles. The van der Waals surface area contributed by atoms with Crippen LogP contribution in [0, 0.1) is 11.7 Å². The van der Waals surface area contributed by atoms with Gasteiger partial charge in [0.25, 0.3) is 5.91 Å². The summed E-state index contributed by atoms with van der Waals surface area (Å²) in [4.78, 5) is 25.9. The molecule has 27 heavy (non-hydrogen) atoms. The third-order valence-corrected chi connectivity index (χ3v) is 5.60. The lowest BCUT2D eigenvalue weighted by Gasteiger charge is -2.18. The second-order valence-corrected chi connectivity index (χ2v) is 7.67. The van der Waals surface area contributed by atoms with Crippen LogP contribution in [0.1, 0.15) is 41.1 Å². The van der Waals surface area contributed by atoms with Crippen molar-refractivity contribution in [2.24, 2.45) is 5.92 Å². The number of anilines is 1. The van der Waals surface area contributed by atoms with E-state index in [4.69, 9.17) is 9.47 Å². The molecular weight excluding hydrogens is 369 g/mol. The zero-order valence-corrected chi connectivity index (χ0v) is 16.2. The number of ether oxygens (including phenoxy) is 2. The molecule has 2 aromatic rings. The van der Waals surface area contributed by atoms with Gasteiger partial charge in [0.1, 0.15) is 16.6 Å².